The first kappa shape index (κ1) is 8.33. The maximum absolute atomic E-state index is 4.39. The van der Waals surface area contributed by atoms with Crippen LogP contribution < -0.4 is 0 Å². The summed E-state index contributed by atoms with van der Waals surface area (Å²) in [7, 11) is 0. The van der Waals surface area contributed by atoms with Crippen LogP contribution in [0.3, 0.4) is 0 Å². The van der Waals surface area contributed by atoms with Gasteiger partial charge in [-0.05, 0) is 22.9 Å². The Labute approximate surface area is 91.6 Å². The van der Waals surface area contributed by atoms with Crippen LogP contribution in [0.25, 0.3) is 20.9 Å². The van der Waals surface area contributed by atoms with E-state index in [4.69, 9.17) is 0 Å². The molecular weight excluding hydrogens is 208 g/mol. The number of thiophene rings is 1. The molecule has 0 fully saturated rings. The van der Waals surface area contributed by atoms with Gasteiger partial charge in [0.15, 0.2) is 0 Å². The number of rotatable bonds is 0. The highest BCUT2D eigenvalue weighted by atomic mass is 32.2. The van der Waals surface area contributed by atoms with E-state index in [0.717, 1.165) is 4.21 Å². The van der Waals surface area contributed by atoms with Gasteiger partial charge in [-0.1, -0.05) is 30.3 Å². The molecule has 0 radical (unpaired) electrons. The quantitative estimate of drug-likeness (QED) is 0.531. The van der Waals surface area contributed by atoms with E-state index in [1.165, 1.54) is 20.9 Å². The fraction of sp³-hybridized carbons (Fsp3) is 0. The van der Waals surface area contributed by atoms with E-state index < -0.39 is 0 Å². The molecule has 0 unspecified atom stereocenters. The SMILES string of the molecule is Sc1cc2c(ccc3ccccc32)s1. The molecule has 68 valence electrons. The van der Waals surface area contributed by atoms with Crippen molar-refractivity contribution in [2.75, 3.05) is 0 Å². The zero-order valence-electron chi connectivity index (χ0n) is 7.40. The Bertz CT molecular complexity index is 608. The third-order valence-corrected chi connectivity index (χ3v) is 3.72. The zero-order chi connectivity index (χ0) is 9.54. The molecule has 2 heteroatoms. The van der Waals surface area contributed by atoms with Gasteiger partial charge in [-0.3, -0.25) is 0 Å². The second-order valence-electron chi connectivity index (χ2n) is 3.28. The molecule has 1 aromatic heterocycles. The molecule has 0 aliphatic heterocycles. The molecule has 0 nitrogen and oxygen atoms in total. The molecule has 0 atom stereocenters. The van der Waals surface area contributed by atoms with E-state index in [0.29, 0.717) is 0 Å². The lowest BCUT2D eigenvalue weighted by molar-refractivity contribution is 1.78. The molecular formula is C12H8S2. The third-order valence-electron chi connectivity index (χ3n) is 2.41. The number of hydrogen-bond donors (Lipinski definition) is 1. The summed E-state index contributed by atoms with van der Waals surface area (Å²) in [5, 5.41) is 3.94. The lowest BCUT2D eigenvalue weighted by atomic mass is 10.1. The van der Waals surface area contributed by atoms with Gasteiger partial charge in [-0.25, -0.2) is 0 Å². The van der Waals surface area contributed by atoms with E-state index >= 15 is 0 Å². The van der Waals surface area contributed by atoms with Crippen LogP contribution in [-0.4, -0.2) is 0 Å². The molecule has 0 aliphatic rings. The van der Waals surface area contributed by atoms with E-state index in [-0.39, 0.29) is 0 Å². The van der Waals surface area contributed by atoms with Crippen LogP contribution in [0.15, 0.2) is 46.7 Å². The monoisotopic (exact) mass is 216 g/mol. The van der Waals surface area contributed by atoms with Crippen LogP contribution in [0.5, 0.6) is 0 Å². The van der Waals surface area contributed by atoms with Crippen molar-refractivity contribution in [1.82, 2.24) is 0 Å². The molecule has 0 saturated carbocycles. The number of hydrogen-bond acceptors (Lipinski definition) is 2. The van der Waals surface area contributed by atoms with Crippen molar-refractivity contribution < 1.29 is 0 Å². The Morgan fingerprint density at radius 1 is 0.929 bits per heavy atom. The zero-order valence-corrected chi connectivity index (χ0v) is 9.11. The summed E-state index contributed by atoms with van der Waals surface area (Å²) in [6.07, 6.45) is 0. The van der Waals surface area contributed by atoms with Crippen LogP contribution >= 0.6 is 24.0 Å². The molecule has 3 rings (SSSR count). The van der Waals surface area contributed by atoms with Gasteiger partial charge in [0.1, 0.15) is 0 Å². The van der Waals surface area contributed by atoms with Crippen molar-refractivity contribution in [3.05, 3.63) is 42.5 Å². The summed E-state index contributed by atoms with van der Waals surface area (Å²) >= 11 is 6.12. The summed E-state index contributed by atoms with van der Waals surface area (Å²) in [5.41, 5.74) is 0. The standard InChI is InChI=1S/C12H8S2/c13-12-7-10-9-4-2-1-3-8(9)5-6-11(10)14-12/h1-7,13H. The molecule has 0 bridgehead atoms. The molecule has 0 aliphatic carbocycles. The van der Waals surface area contributed by atoms with Gasteiger partial charge in [0.2, 0.25) is 0 Å². The maximum atomic E-state index is 4.39. The van der Waals surface area contributed by atoms with Crippen molar-refractivity contribution in [1.29, 1.82) is 0 Å². The van der Waals surface area contributed by atoms with Crippen molar-refractivity contribution in [3.8, 4) is 0 Å². The largest absolute Gasteiger partial charge is 0.133 e. The summed E-state index contributed by atoms with van der Waals surface area (Å²) in [5.74, 6) is 0. The Morgan fingerprint density at radius 2 is 1.79 bits per heavy atom. The highest BCUT2D eigenvalue weighted by Crippen LogP contribution is 2.33. The van der Waals surface area contributed by atoms with E-state index in [2.05, 4.69) is 55.1 Å². The Hall–Kier alpha value is -0.990. The third kappa shape index (κ3) is 1.15. The molecule has 14 heavy (non-hydrogen) atoms. The van der Waals surface area contributed by atoms with Crippen LogP contribution in [0.4, 0.5) is 0 Å². The highest BCUT2D eigenvalue weighted by Gasteiger charge is 2.02. The Morgan fingerprint density at radius 3 is 2.71 bits per heavy atom. The van der Waals surface area contributed by atoms with Gasteiger partial charge in [-0.2, -0.15) is 0 Å². The topological polar surface area (TPSA) is 0 Å². The number of fused-ring (bicyclic) bond motifs is 3. The molecule has 3 aromatic rings. The first-order chi connectivity index (χ1) is 6.84. The van der Waals surface area contributed by atoms with E-state index in [9.17, 15) is 0 Å². The fourth-order valence-corrected chi connectivity index (χ4v) is 3.02. The van der Waals surface area contributed by atoms with Gasteiger partial charge in [0, 0.05) is 10.1 Å². The first-order valence-electron chi connectivity index (χ1n) is 4.45. The van der Waals surface area contributed by atoms with Gasteiger partial charge >= 0.3 is 0 Å². The second kappa shape index (κ2) is 3.01. The van der Waals surface area contributed by atoms with Gasteiger partial charge < -0.3 is 0 Å². The van der Waals surface area contributed by atoms with Crippen molar-refractivity contribution >= 4 is 44.8 Å². The lowest BCUT2D eigenvalue weighted by Crippen LogP contribution is -1.70. The Balaban J connectivity index is 2.60. The Kier molecular flexibility index (Phi) is 1.79. The van der Waals surface area contributed by atoms with Crippen molar-refractivity contribution in [2.45, 2.75) is 4.21 Å². The van der Waals surface area contributed by atoms with E-state index in [1.807, 2.05) is 0 Å². The van der Waals surface area contributed by atoms with Crippen molar-refractivity contribution in [2.24, 2.45) is 0 Å². The van der Waals surface area contributed by atoms with Crippen LogP contribution in [0, 0.1) is 0 Å². The maximum Gasteiger partial charge on any atom is 0.0580 e. The minimum atomic E-state index is 1.08. The summed E-state index contributed by atoms with van der Waals surface area (Å²) in [6, 6.07) is 14.9. The molecule has 0 spiro atoms. The highest BCUT2D eigenvalue weighted by molar-refractivity contribution is 7.83. The second-order valence-corrected chi connectivity index (χ2v) is 5.15. The average molecular weight is 216 g/mol. The van der Waals surface area contributed by atoms with Crippen molar-refractivity contribution in [3.63, 3.8) is 0 Å². The van der Waals surface area contributed by atoms with Gasteiger partial charge in [0.25, 0.3) is 0 Å². The number of benzene rings is 2. The smallest absolute Gasteiger partial charge is 0.0580 e. The molecule has 2 aromatic carbocycles. The predicted molar refractivity (Wildman–Crippen MR) is 66.6 cm³/mol. The summed E-state index contributed by atoms with van der Waals surface area (Å²) < 4.78 is 2.39. The average Bonchev–Trinajstić information content (AvgIpc) is 2.59. The van der Waals surface area contributed by atoms with E-state index in [1.54, 1.807) is 11.3 Å². The minimum Gasteiger partial charge on any atom is -0.133 e. The first-order valence-corrected chi connectivity index (χ1v) is 5.71. The molecule has 0 amide bonds. The minimum absolute atomic E-state index is 1.08. The molecule has 0 N–H and O–H groups in total. The molecule has 1 heterocycles. The van der Waals surface area contributed by atoms with Gasteiger partial charge in [-0.15, -0.1) is 24.0 Å². The lowest BCUT2D eigenvalue weighted by Gasteiger charge is -1.97. The summed E-state index contributed by atoms with van der Waals surface area (Å²) in [6.45, 7) is 0. The predicted octanol–water partition coefficient (Wildman–Crippen LogP) is 4.34. The van der Waals surface area contributed by atoms with Crippen LogP contribution in [0.2, 0.25) is 0 Å². The fourth-order valence-electron chi connectivity index (χ4n) is 1.78. The number of thiol groups is 1. The summed E-state index contributed by atoms with van der Waals surface area (Å²) in [4.78, 5) is 0. The normalized spacial score (nSPS) is 11.2. The van der Waals surface area contributed by atoms with Crippen LogP contribution in [0.1, 0.15) is 0 Å². The van der Waals surface area contributed by atoms with Gasteiger partial charge in [0.05, 0.1) is 4.21 Å². The molecule has 0 saturated heterocycles. The van der Waals surface area contributed by atoms with Crippen LogP contribution in [-0.2, 0) is 0 Å².